The Bertz CT molecular complexity index is 1070. The molecular weight excluding hydrogens is 396 g/mol. The van der Waals surface area contributed by atoms with Gasteiger partial charge in [0.05, 0.1) is 6.17 Å². The molecule has 2 atom stereocenters. The number of rotatable bonds is 4. The summed E-state index contributed by atoms with van der Waals surface area (Å²) in [6.45, 7) is 0.374. The molecule has 0 bridgehead atoms. The van der Waals surface area contributed by atoms with Gasteiger partial charge in [0.1, 0.15) is 6.29 Å². The molecule has 156 valence electrons. The third-order valence-corrected chi connectivity index (χ3v) is 5.27. The number of nitrogens with two attached hydrogens (primary N) is 2. The van der Waals surface area contributed by atoms with Crippen molar-refractivity contribution in [1.82, 2.24) is 4.90 Å². The van der Waals surface area contributed by atoms with Gasteiger partial charge in [0.15, 0.2) is 23.3 Å². The van der Waals surface area contributed by atoms with E-state index in [4.69, 9.17) is 11.5 Å². The van der Waals surface area contributed by atoms with E-state index in [9.17, 15) is 17.6 Å². The van der Waals surface area contributed by atoms with Gasteiger partial charge in [0, 0.05) is 24.3 Å². The summed E-state index contributed by atoms with van der Waals surface area (Å²) < 4.78 is 54.0. The highest BCUT2D eigenvalue weighted by Crippen LogP contribution is 2.36. The minimum atomic E-state index is -0.953. The number of para-hydroxylation sites is 1. The summed E-state index contributed by atoms with van der Waals surface area (Å²) in [7, 11) is 0. The Morgan fingerprint density at radius 2 is 1.27 bits per heavy atom. The fourth-order valence-corrected chi connectivity index (χ4v) is 3.72. The second kappa shape index (κ2) is 8.06. The van der Waals surface area contributed by atoms with Gasteiger partial charge in [-0.3, -0.25) is 5.73 Å². The third-order valence-electron chi connectivity index (χ3n) is 5.27. The van der Waals surface area contributed by atoms with Gasteiger partial charge >= 0.3 is 0 Å². The molecule has 4 rings (SSSR count). The maximum Gasteiger partial charge on any atom is 0.159 e. The topological polar surface area (TPSA) is 58.5 Å². The van der Waals surface area contributed by atoms with Crippen molar-refractivity contribution < 1.29 is 17.6 Å². The van der Waals surface area contributed by atoms with Crippen LogP contribution in [0.5, 0.6) is 0 Å². The Hall–Kier alpha value is -2.94. The second-order valence-electron chi connectivity index (χ2n) is 7.21. The molecular formula is C22H20F4N4. The summed E-state index contributed by atoms with van der Waals surface area (Å²) in [5.74, 6) is -3.76. The van der Waals surface area contributed by atoms with Crippen LogP contribution in [-0.4, -0.2) is 11.2 Å². The van der Waals surface area contributed by atoms with Gasteiger partial charge in [-0.05, 0) is 41.5 Å². The zero-order valence-corrected chi connectivity index (χ0v) is 15.9. The van der Waals surface area contributed by atoms with Crippen LogP contribution in [0.25, 0.3) is 0 Å². The van der Waals surface area contributed by atoms with Crippen LogP contribution in [0.1, 0.15) is 22.9 Å². The van der Waals surface area contributed by atoms with E-state index < -0.39 is 35.7 Å². The molecule has 2 unspecified atom stereocenters. The quantitative estimate of drug-likeness (QED) is 0.632. The van der Waals surface area contributed by atoms with E-state index in [-0.39, 0.29) is 13.1 Å². The first-order valence-electron chi connectivity index (χ1n) is 9.35. The number of benzene rings is 3. The number of halogens is 4. The van der Waals surface area contributed by atoms with E-state index in [2.05, 4.69) is 0 Å². The normalized spacial score (nSPS) is 19.1. The summed E-state index contributed by atoms with van der Waals surface area (Å²) in [4.78, 5) is 3.54. The summed E-state index contributed by atoms with van der Waals surface area (Å²) in [5.41, 5.74) is 15.5. The molecule has 0 spiro atoms. The fourth-order valence-electron chi connectivity index (χ4n) is 3.72. The largest absolute Gasteiger partial charge is 0.339 e. The minimum absolute atomic E-state index is 0.169. The summed E-state index contributed by atoms with van der Waals surface area (Å²) >= 11 is 0. The Morgan fingerprint density at radius 1 is 0.700 bits per heavy atom. The van der Waals surface area contributed by atoms with Crippen LogP contribution in [0.4, 0.5) is 23.2 Å². The fraction of sp³-hybridized carbons (Fsp3) is 0.182. The molecule has 0 aromatic heterocycles. The van der Waals surface area contributed by atoms with Gasteiger partial charge in [-0.1, -0.05) is 30.3 Å². The van der Waals surface area contributed by atoms with Crippen molar-refractivity contribution in [2.24, 2.45) is 11.5 Å². The predicted octanol–water partition coefficient (Wildman–Crippen LogP) is 3.97. The molecule has 1 aliphatic heterocycles. The van der Waals surface area contributed by atoms with Crippen molar-refractivity contribution in [2.75, 3.05) is 4.90 Å². The number of fused-ring (bicyclic) bond motifs is 1. The molecule has 8 heteroatoms. The van der Waals surface area contributed by atoms with E-state index in [1.807, 2.05) is 29.2 Å². The highest BCUT2D eigenvalue weighted by molar-refractivity contribution is 5.57. The first-order valence-corrected chi connectivity index (χ1v) is 9.35. The zero-order chi connectivity index (χ0) is 21.4. The maximum atomic E-state index is 13.7. The first kappa shape index (κ1) is 20.3. The van der Waals surface area contributed by atoms with Gasteiger partial charge in [0.25, 0.3) is 0 Å². The van der Waals surface area contributed by atoms with Crippen LogP contribution in [0.15, 0.2) is 60.7 Å². The molecule has 4 nitrogen and oxygen atoms in total. The van der Waals surface area contributed by atoms with Crippen molar-refractivity contribution in [3.05, 3.63) is 101 Å². The van der Waals surface area contributed by atoms with Crippen molar-refractivity contribution in [3.63, 3.8) is 0 Å². The van der Waals surface area contributed by atoms with Gasteiger partial charge in [0.2, 0.25) is 0 Å². The highest BCUT2D eigenvalue weighted by atomic mass is 19.2. The molecule has 0 saturated heterocycles. The third kappa shape index (κ3) is 3.77. The van der Waals surface area contributed by atoms with Crippen LogP contribution in [0.2, 0.25) is 0 Å². The Morgan fingerprint density at radius 3 is 1.87 bits per heavy atom. The van der Waals surface area contributed by atoms with E-state index in [1.165, 1.54) is 12.1 Å². The van der Waals surface area contributed by atoms with Crippen molar-refractivity contribution in [1.29, 1.82) is 0 Å². The van der Waals surface area contributed by atoms with Gasteiger partial charge in [-0.15, -0.1) is 0 Å². The second-order valence-corrected chi connectivity index (χ2v) is 7.21. The van der Waals surface area contributed by atoms with E-state index in [0.717, 1.165) is 35.5 Å². The van der Waals surface area contributed by atoms with E-state index >= 15 is 0 Å². The number of hydrogen-bond donors (Lipinski definition) is 2. The maximum absolute atomic E-state index is 13.7. The number of anilines is 1. The van der Waals surface area contributed by atoms with Gasteiger partial charge in [-0.2, -0.15) is 0 Å². The number of hydrogen-bond acceptors (Lipinski definition) is 4. The zero-order valence-electron chi connectivity index (χ0n) is 15.9. The smallest absolute Gasteiger partial charge is 0.159 e. The molecule has 0 radical (unpaired) electrons. The summed E-state index contributed by atoms with van der Waals surface area (Å²) in [5, 5.41) is 0. The molecule has 30 heavy (non-hydrogen) atoms. The summed E-state index contributed by atoms with van der Waals surface area (Å²) in [6, 6.07) is 14.7. The average Bonchev–Trinajstić information content (AvgIpc) is 2.73. The lowest BCUT2D eigenvalue weighted by Crippen LogP contribution is -2.59. The number of nitrogens with zero attached hydrogens (tertiary/aromatic N) is 2. The predicted molar refractivity (Wildman–Crippen MR) is 106 cm³/mol. The van der Waals surface area contributed by atoms with Crippen molar-refractivity contribution in [3.8, 4) is 0 Å². The van der Waals surface area contributed by atoms with Gasteiger partial charge < -0.3 is 10.6 Å². The Kier molecular flexibility index (Phi) is 5.46. The van der Waals surface area contributed by atoms with E-state index in [1.54, 1.807) is 4.90 Å². The summed E-state index contributed by atoms with van der Waals surface area (Å²) in [6.07, 6.45) is -1.33. The molecule has 0 fully saturated rings. The molecule has 1 aliphatic rings. The standard InChI is InChI=1S/C22H20F4N4/c23-16-7-5-13(9-18(16)25)11-29-20-4-2-1-3-15(20)21(27)30(22(29)28)12-14-6-8-17(24)19(26)10-14/h1-10,21-22H,11-12,27-28H2. The molecule has 1 heterocycles. The lowest BCUT2D eigenvalue weighted by atomic mass is 10.0. The van der Waals surface area contributed by atoms with Crippen LogP contribution in [0.3, 0.4) is 0 Å². The molecule has 3 aromatic carbocycles. The molecule has 4 N–H and O–H groups in total. The van der Waals surface area contributed by atoms with Crippen LogP contribution >= 0.6 is 0 Å². The van der Waals surface area contributed by atoms with Crippen LogP contribution in [-0.2, 0) is 13.1 Å². The van der Waals surface area contributed by atoms with Crippen LogP contribution < -0.4 is 16.4 Å². The first-order chi connectivity index (χ1) is 14.3. The average molecular weight is 416 g/mol. The SMILES string of the molecule is NC1c2ccccc2N(Cc2ccc(F)c(F)c2)C(N)N1Cc1ccc(F)c(F)c1. The van der Waals surface area contributed by atoms with Gasteiger partial charge in [-0.25, -0.2) is 22.5 Å². The Balaban J connectivity index is 1.69. The lowest BCUT2D eigenvalue weighted by Gasteiger charge is -2.47. The molecule has 0 saturated carbocycles. The molecule has 0 amide bonds. The monoisotopic (exact) mass is 416 g/mol. The minimum Gasteiger partial charge on any atom is -0.339 e. The lowest BCUT2D eigenvalue weighted by molar-refractivity contribution is 0.112. The van der Waals surface area contributed by atoms with Crippen molar-refractivity contribution in [2.45, 2.75) is 25.5 Å². The molecule has 3 aromatic rings. The highest BCUT2D eigenvalue weighted by Gasteiger charge is 2.35. The van der Waals surface area contributed by atoms with Crippen molar-refractivity contribution >= 4 is 5.69 Å². The Labute approximate surface area is 171 Å². The van der Waals surface area contributed by atoms with Crippen LogP contribution in [0, 0.1) is 23.3 Å². The molecule has 0 aliphatic carbocycles. The van der Waals surface area contributed by atoms with E-state index in [0.29, 0.717) is 11.1 Å².